The molecule has 0 spiro atoms. The Morgan fingerprint density at radius 1 is 1.23 bits per heavy atom. The Hall–Kier alpha value is -0.0800. The smallest absolute Gasteiger partial charge is 0.0436 e. The first-order chi connectivity index (χ1) is 6.10. The quantitative estimate of drug-likeness (QED) is 0.640. The lowest BCUT2D eigenvalue weighted by atomic mass is 9.79. The van der Waals surface area contributed by atoms with E-state index in [1.54, 1.807) is 0 Å². The first-order valence-corrected chi connectivity index (χ1v) is 5.44. The maximum absolute atomic E-state index is 9.00. The van der Waals surface area contributed by atoms with E-state index in [2.05, 4.69) is 33.0 Å². The van der Waals surface area contributed by atoms with E-state index in [1.165, 1.54) is 0 Å². The highest BCUT2D eigenvalue weighted by atomic mass is 16.3. The highest BCUT2D eigenvalue weighted by molar-refractivity contribution is 4.79. The Labute approximate surface area is 82.7 Å². The highest BCUT2D eigenvalue weighted by Gasteiger charge is 2.25. The van der Waals surface area contributed by atoms with Crippen molar-refractivity contribution in [3.8, 4) is 0 Å². The van der Waals surface area contributed by atoms with Crippen molar-refractivity contribution in [1.29, 1.82) is 0 Å². The molecule has 0 aromatic rings. The predicted octanol–water partition coefficient (Wildman–Crippen LogP) is 2.17. The lowest BCUT2D eigenvalue weighted by Gasteiger charge is -2.32. The standard InChI is InChI=1S/C11H25NO/c1-5-11(6-2,7-8-13)9-12-10(3)4/h10,12-13H,5-9H2,1-4H3. The van der Waals surface area contributed by atoms with Crippen LogP contribution >= 0.6 is 0 Å². The monoisotopic (exact) mass is 187 g/mol. The molecule has 0 rings (SSSR count). The molecule has 0 aromatic heterocycles. The van der Waals surface area contributed by atoms with Gasteiger partial charge in [0.2, 0.25) is 0 Å². The number of aliphatic hydroxyl groups excluding tert-OH is 1. The van der Waals surface area contributed by atoms with Gasteiger partial charge in [-0.25, -0.2) is 0 Å². The fraction of sp³-hybridized carbons (Fsp3) is 1.00. The summed E-state index contributed by atoms with van der Waals surface area (Å²) in [5.41, 5.74) is 0.305. The maximum Gasteiger partial charge on any atom is 0.0436 e. The van der Waals surface area contributed by atoms with Gasteiger partial charge in [-0.3, -0.25) is 0 Å². The number of hydrogen-bond acceptors (Lipinski definition) is 2. The second kappa shape index (κ2) is 6.39. The topological polar surface area (TPSA) is 32.3 Å². The van der Waals surface area contributed by atoms with Gasteiger partial charge in [-0.1, -0.05) is 27.7 Å². The van der Waals surface area contributed by atoms with Gasteiger partial charge in [-0.05, 0) is 24.7 Å². The van der Waals surface area contributed by atoms with Gasteiger partial charge in [0.1, 0.15) is 0 Å². The molecule has 0 aromatic carbocycles. The van der Waals surface area contributed by atoms with Crippen molar-refractivity contribution < 1.29 is 5.11 Å². The largest absolute Gasteiger partial charge is 0.396 e. The van der Waals surface area contributed by atoms with Crippen molar-refractivity contribution in [3.05, 3.63) is 0 Å². The van der Waals surface area contributed by atoms with Crippen molar-refractivity contribution in [1.82, 2.24) is 5.32 Å². The molecule has 13 heavy (non-hydrogen) atoms. The van der Waals surface area contributed by atoms with Crippen LogP contribution in [0.15, 0.2) is 0 Å². The second-order valence-corrected chi connectivity index (χ2v) is 4.22. The van der Waals surface area contributed by atoms with E-state index in [0.29, 0.717) is 18.1 Å². The van der Waals surface area contributed by atoms with Crippen LogP contribution in [0.3, 0.4) is 0 Å². The average molecular weight is 187 g/mol. The minimum absolute atomic E-state index is 0.305. The third-order valence-electron chi connectivity index (χ3n) is 3.03. The van der Waals surface area contributed by atoms with Crippen LogP contribution in [0.4, 0.5) is 0 Å². The van der Waals surface area contributed by atoms with Crippen LogP contribution in [0.2, 0.25) is 0 Å². The van der Waals surface area contributed by atoms with Crippen LogP contribution in [0.1, 0.15) is 47.0 Å². The summed E-state index contributed by atoms with van der Waals surface area (Å²) in [5, 5.41) is 12.5. The van der Waals surface area contributed by atoms with Crippen LogP contribution in [-0.2, 0) is 0 Å². The predicted molar refractivity (Wildman–Crippen MR) is 57.9 cm³/mol. The summed E-state index contributed by atoms with van der Waals surface area (Å²) in [5.74, 6) is 0. The summed E-state index contributed by atoms with van der Waals surface area (Å²) in [6.45, 7) is 10.1. The molecular weight excluding hydrogens is 162 g/mol. The zero-order chi connectivity index (χ0) is 10.3. The van der Waals surface area contributed by atoms with Gasteiger partial charge in [0.05, 0.1) is 0 Å². The zero-order valence-electron chi connectivity index (χ0n) is 9.56. The van der Waals surface area contributed by atoms with Gasteiger partial charge in [0.25, 0.3) is 0 Å². The third kappa shape index (κ3) is 4.63. The Balaban J connectivity index is 4.04. The first kappa shape index (κ1) is 12.9. The van der Waals surface area contributed by atoms with E-state index >= 15 is 0 Å². The normalized spacial score (nSPS) is 12.5. The van der Waals surface area contributed by atoms with Crippen molar-refractivity contribution in [2.24, 2.45) is 5.41 Å². The Kier molecular flexibility index (Phi) is 6.35. The van der Waals surface area contributed by atoms with E-state index in [4.69, 9.17) is 5.11 Å². The molecule has 0 heterocycles. The lowest BCUT2D eigenvalue weighted by Crippen LogP contribution is -2.37. The van der Waals surface area contributed by atoms with Gasteiger partial charge < -0.3 is 10.4 Å². The van der Waals surface area contributed by atoms with E-state index in [-0.39, 0.29) is 0 Å². The van der Waals surface area contributed by atoms with Crippen LogP contribution in [-0.4, -0.2) is 24.3 Å². The number of aliphatic hydroxyl groups is 1. The first-order valence-electron chi connectivity index (χ1n) is 5.44. The lowest BCUT2D eigenvalue weighted by molar-refractivity contribution is 0.161. The molecule has 0 unspecified atom stereocenters. The number of hydrogen-bond donors (Lipinski definition) is 2. The number of rotatable bonds is 7. The molecule has 0 aliphatic rings. The molecule has 0 fully saturated rings. The Bertz CT molecular complexity index is 119. The summed E-state index contributed by atoms with van der Waals surface area (Å²) >= 11 is 0. The molecule has 0 atom stereocenters. The molecular formula is C11H25NO. The molecule has 2 N–H and O–H groups in total. The summed E-state index contributed by atoms with van der Waals surface area (Å²) < 4.78 is 0. The van der Waals surface area contributed by atoms with Gasteiger partial charge in [-0.2, -0.15) is 0 Å². The molecule has 0 saturated carbocycles. The van der Waals surface area contributed by atoms with Gasteiger partial charge in [-0.15, -0.1) is 0 Å². The fourth-order valence-electron chi connectivity index (χ4n) is 1.60. The molecule has 0 bridgehead atoms. The van der Waals surface area contributed by atoms with Gasteiger partial charge in [0, 0.05) is 19.2 Å². The van der Waals surface area contributed by atoms with Crippen LogP contribution < -0.4 is 5.32 Å². The second-order valence-electron chi connectivity index (χ2n) is 4.22. The van der Waals surface area contributed by atoms with Gasteiger partial charge >= 0.3 is 0 Å². The SMILES string of the molecule is CCC(CC)(CCO)CNC(C)C. The van der Waals surface area contributed by atoms with E-state index in [1.807, 2.05) is 0 Å². The Morgan fingerprint density at radius 2 is 1.77 bits per heavy atom. The van der Waals surface area contributed by atoms with Crippen molar-refractivity contribution in [2.75, 3.05) is 13.2 Å². The van der Waals surface area contributed by atoms with Gasteiger partial charge in [0.15, 0.2) is 0 Å². The Morgan fingerprint density at radius 3 is 2.08 bits per heavy atom. The maximum atomic E-state index is 9.00. The summed E-state index contributed by atoms with van der Waals surface area (Å²) in [7, 11) is 0. The van der Waals surface area contributed by atoms with Crippen LogP contribution in [0.25, 0.3) is 0 Å². The highest BCUT2D eigenvalue weighted by Crippen LogP contribution is 2.29. The van der Waals surface area contributed by atoms with Crippen molar-refractivity contribution in [3.63, 3.8) is 0 Å². The fourth-order valence-corrected chi connectivity index (χ4v) is 1.60. The van der Waals surface area contributed by atoms with Crippen LogP contribution in [0, 0.1) is 5.41 Å². The molecule has 0 saturated heterocycles. The molecule has 0 aliphatic heterocycles. The average Bonchev–Trinajstić information content (AvgIpc) is 2.12. The summed E-state index contributed by atoms with van der Waals surface area (Å²) in [6, 6.07) is 0.538. The summed E-state index contributed by atoms with van der Waals surface area (Å²) in [4.78, 5) is 0. The molecule has 0 amide bonds. The van der Waals surface area contributed by atoms with E-state index < -0.39 is 0 Å². The minimum atomic E-state index is 0.305. The van der Waals surface area contributed by atoms with Crippen LogP contribution in [0.5, 0.6) is 0 Å². The van der Waals surface area contributed by atoms with E-state index in [9.17, 15) is 0 Å². The zero-order valence-corrected chi connectivity index (χ0v) is 9.56. The summed E-state index contributed by atoms with van der Waals surface area (Å²) in [6.07, 6.45) is 3.20. The molecule has 2 heteroatoms. The third-order valence-corrected chi connectivity index (χ3v) is 3.03. The molecule has 80 valence electrons. The van der Waals surface area contributed by atoms with Crippen molar-refractivity contribution in [2.45, 2.75) is 53.0 Å². The molecule has 0 aliphatic carbocycles. The minimum Gasteiger partial charge on any atom is -0.396 e. The van der Waals surface area contributed by atoms with E-state index in [0.717, 1.165) is 25.8 Å². The molecule has 2 nitrogen and oxygen atoms in total. The number of nitrogens with one attached hydrogen (secondary N) is 1. The van der Waals surface area contributed by atoms with Crippen molar-refractivity contribution >= 4 is 0 Å². The molecule has 0 radical (unpaired) electrons.